The zero-order valence-corrected chi connectivity index (χ0v) is 19.4. The number of halogens is 1. The fourth-order valence-corrected chi connectivity index (χ4v) is 3.76. The van der Waals surface area contributed by atoms with Gasteiger partial charge in [0.2, 0.25) is 5.91 Å². The van der Waals surface area contributed by atoms with Gasteiger partial charge < -0.3 is 10.1 Å². The number of methoxy groups -OCH3 is 1. The molecule has 0 bridgehead atoms. The molecule has 0 aliphatic heterocycles. The molecule has 1 aromatic carbocycles. The number of benzene rings is 1. The molecule has 2 rings (SSSR count). The summed E-state index contributed by atoms with van der Waals surface area (Å²) in [4.78, 5) is 38.0. The lowest BCUT2D eigenvalue weighted by Crippen LogP contribution is -2.42. The first-order chi connectivity index (χ1) is 14.0. The van der Waals surface area contributed by atoms with Gasteiger partial charge in [-0.25, -0.2) is 0 Å². The number of carbonyl (C=O) groups is 2. The number of carbonyl (C=O) groups excluding carboxylic acids is 2. The molecule has 1 unspecified atom stereocenters. The van der Waals surface area contributed by atoms with Crippen LogP contribution in [0, 0.1) is 5.41 Å². The second-order valence-electron chi connectivity index (χ2n) is 8.07. The molecule has 1 N–H and O–H groups in total. The van der Waals surface area contributed by atoms with E-state index < -0.39 is 5.41 Å². The van der Waals surface area contributed by atoms with Crippen molar-refractivity contribution in [2.45, 2.75) is 40.3 Å². The van der Waals surface area contributed by atoms with Crippen LogP contribution >= 0.6 is 22.9 Å². The lowest BCUT2D eigenvalue weighted by Gasteiger charge is -2.14. The molecular formula is C22H27ClN2O4S. The van der Waals surface area contributed by atoms with Crippen molar-refractivity contribution < 1.29 is 14.3 Å². The molecule has 162 valence electrons. The van der Waals surface area contributed by atoms with E-state index in [1.807, 2.05) is 27.7 Å². The number of hydrogen-bond acceptors (Lipinski definition) is 5. The molecule has 8 heteroatoms. The van der Waals surface area contributed by atoms with Gasteiger partial charge in [-0.15, -0.1) is 11.3 Å². The van der Waals surface area contributed by atoms with E-state index in [0.29, 0.717) is 20.8 Å². The van der Waals surface area contributed by atoms with Crippen molar-refractivity contribution >= 4 is 46.8 Å². The van der Waals surface area contributed by atoms with Gasteiger partial charge in [-0.3, -0.25) is 19.0 Å². The van der Waals surface area contributed by atoms with Crippen molar-refractivity contribution in [3.05, 3.63) is 54.4 Å². The summed E-state index contributed by atoms with van der Waals surface area (Å²) in [5.41, 5.74) is -0.116. The van der Waals surface area contributed by atoms with E-state index in [2.05, 4.69) is 5.32 Å². The third-order valence-electron chi connectivity index (χ3n) is 4.22. The Morgan fingerprint density at radius 1 is 1.27 bits per heavy atom. The summed E-state index contributed by atoms with van der Waals surface area (Å²) in [6.45, 7) is 7.42. The van der Waals surface area contributed by atoms with E-state index in [4.69, 9.17) is 16.3 Å². The summed E-state index contributed by atoms with van der Waals surface area (Å²) in [6.07, 6.45) is 3.17. The van der Waals surface area contributed by atoms with Gasteiger partial charge in [0.1, 0.15) is 11.2 Å². The highest BCUT2D eigenvalue weighted by Crippen LogP contribution is 2.15. The highest BCUT2D eigenvalue weighted by molar-refractivity contribution is 7.07. The van der Waals surface area contributed by atoms with Crippen LogP contribution < -0.4 is 20.1 Å². The Kier molecular flexibility index (Phi) is 8.18. The Bertz CT molecular complexity index is 1080. The molecule has 1 aromatic heterocycles. The quantitative estimate of drug-likeness (QED) is 0.699. The van der Waals surface area contributed by atoms with Crippen LogP contribution in [-0.2, 0) is 20.9 Å². The van der Waals surface area contributed by atoms with E-state index in [1.165, 1.54) is 22.0 Å². The standard InChI is InChI=1S/C22H27ClN2O4S/c1-14(13-29-5)24-19(27)12-25-20(11-18(26)22(2,3)4)30-17(21(25)28)10-15-6-8-16(23)9-7-15/h6-11,14H,12-13H2,1-5H3,(H,24,27)/b17-10+,20-11-. The summed E-state index contributed by atoms with van der Waals surface area (Å²) in [5.74, 6) is -0.445. The Morgan fingerprint density at radius 3 is 2.47 bits per heavy atom. The molecule has 0 saturated heterocycles. The molecule has 6 nitrogen and oxygen atoms in total. The summed E-state index contributed by atoms with van der Waals surface area (Å²) >= 11 is 7.11. The molecule has 30 heavy (non-hydrogen) atoms. The average Bonchev–Trinajstić information content (AvgIpc) is 2.91. The van der Waals surface area contributed by atoms with Crippen LogP contribution in [0.1, 0.15) is 33.3 Å². The van der Waals surface area contributed by atoms with Crippen LogP contribution in [0.4, 0.5) is 0 Å². The lowest BCUT2D eigenvalue weighted by molar-refractivity contribution is -0.123. The van der Waals surface area contributed by atoms with Crippen LogP contribution in [0.15, 0.2) is 29.1 Å². The minimum Gasteiger partial charge on any atom is -0.383 e. The van der Waals surface area contributed by atoms with E-state index in [-0.39, 0.29) is 29.8 Å². The minimum absolute atomic E-state index is 0.122. The van der Waals surface area contributed by atoms with E-state index in [1.54, 1.807) is 37.5 Å². The van der Waals surface area contributed by atoms with Crippen LogP contribution in [0.3, 0.4) is 0 Å². The topological polar surface area (TPSA) is 77.4 Å². The molecule has 1 amide bonds. The predicted octanol–water partition coefficient (Wildman–Crippen LogP) is 1.94. The molecule has 0 fully saturated rings. The molecule has 0 saturated carbocycles. The van der Waals surface area contributed by atoms with E-state index in [0.717, 1.165) is 5.56 Å². The van der Waals surface area contributed by atoms with Gasteiger partial charge in [-0.2, -0.15) is 0 Å². The number of hydrogen-bond donors (Lipinski definition) is 1. The van der Waals surface area contributed by atoms with Gasteiger partial charge >= 0.3 is 0 Å². The van der Waals surface area contributed by atoms with Crippen LogP contribution in [0.25, 0.3) is 12.2 Å². The summed E-state index contributed by atoms with van der Waals surface area (Å²) < 4.78 is 7.24. The summed E-state index contributed by atoms with van der Waals surface area (Å²) in [5, 5.41) is 3.39. The predicted molar refractivity (Wildman–Crippen MR) is 121 cm³/mol. The molecule has 0 aliphatic carbocycles. The number of Topliss-reactive ketones (excluding diaryl/α,β-unsaturated/α-hetero) is 1. The number of ketones is 1. The molecule has 1 heterocycles. The Morgan fingerprint density at radius 2 is 1.90 bits per heavy atom. The van der Waals surface area contributed by atoms with Crippen molar-refractivity contribution in [3.8, 4) is 0 Å². The first-order valence-electron chi connectivity index (χ1n) is 9.52. The molecule has 1 atom stereocenters. The van der Waals surface area contributed by atoms with Crippen molar-refractivity contribution in [1.29, 1.82) is 0 Å². The van der Waals surface area contributed by atoms with Gasteiger partial charge in [0.15, 0.2) is 5.78 Å². The molecule has 0 spiro atoms. The summed E-state index contributed by atoms with van der Waals surface area (Å²) in [6, 6.07) is 6.88. The number of nitrogens with one attached hydrogen (secondary N) is 1. The van der Waals surface area contributed by atoms with Gasteiger partial charge in [0.05, 0.1) is 11.1 Å². The number of nitrogens with zero attached hydrogens (tertiary/aromatic N) is 1. The van der Waals surface area contributed by atoms with Gasteiger partial charge in [0, 0.05) is 29.7 Å². The molecule has 2 aromatic rings. The Labute approximate surface area is 184 Å². The number of aromatic nitrogens is 1. The molecular weight excluding hydrogens is 424 g/mol. The van der Waals surface area contributed by atoms with Gasteiger partial charge in [-0.1, -0.05) is 44.5 Å². The highest BCUT2D eigenvalue weighted by atomic mass is 35.5. The maximum atomic E-state index is 13.0. The third kappa shape index (κ3) is 6.65. The monoisotopic (exact) mass is 450 g/mol. The average molecular weight is 451 g/mol. The number of ether oxygens (including phenoxy) is 1. The highest BCUT2D eigenvalue weighted by Gasteiger charge is 2.20. The van der Waals surface area contributed by atoms with Gasteiger partial charge in [0.25, 0.3) is 5.56 Å². The van der Waals surface area contributed by atoms with Crippen molar-refractivity contribution in [3.63, 3.8) is 0 Å². The van der Waals surface area contributed by atoms with Gasteiger partial charge in [-0.05, 0) is 30.7 Å². The largest absolute Gasteiger partial charge is 0.383 e. The Balaban J connectivity index is 2.52. The number of amides is 1. The molecule has 0 radical (unpaired) electrons. The minimum atomic E-state index is -0.597. The van der Waals surface area contributed by atoms with Crippen molar-refractivity contribution in [2.75, 3.05) is 13.7 Å². The lowest BCUT2D eigenvalue weighted by atomic mass is 9.91. The van der Waals surface area contributed by atoms with Crippen LogP contribution in [-0.4, -0.2) is 36.0 Å². The van der Waals surface area contributed by atoms with Crippen molar-refractivity contribution in [2.24, 2.45) is 5.41 Å². The fourth-order valence-electron chi connectivity index (χ4n) is 2.59. The maximum Gasteiger partial charge on any atom is 0.269 e. The second-order valence-corrected chi connectivity index (χ2v) is 9.57. The molecule has 0 aliphatic rings. The maximum absolute atomic E-state index is 13.0. The SMILES string of the molecule is COCC(C)NC(=O)Cn1c(=O)/c(=C\c2ccc(Cl)cc2)s/c1=C\C(=O)C(C)(C)C. The first kappa shape index (κ1) is 24.1. The normalized spacial score (nSPS) is 14.1. The van der Waals surface area contributed by atoms with Crippen molar-refractivity contribution in [1.82, 2.24) is 9.88 Å². The van der Waals surface area contributed by atoms with E-state index >= 15 is 0 Å². The zero-order chi connectivity index (χ0) is 22.5. The second kappa shape index (κ2) is 10.2. The smallest absolute Gasteiger partial charge is 0.269 e. The third-order valence-corrected chi connectivity index (χ3v) is 5.54. The number of thiazole rings is 1. The van der Waals surface area contributed by atoms with E-state index in [9.17, 15) is 14.4 Å². The van der Waals surface area contributed by atoms with Crippen LogP contribution in [0.2, 0.25) is 5.02 Å². The van der Waals surface area contributed by atoms with Crippen LogP contribution in [0.5, 0.6) is 0 Å². The Hall–Kier alpha value is -2.22. The first-order valence-corrected chi connectivity index (χ1v) is 10.7. The number of rotatable bonds is 7. The zero-order valence-electron chi connectivity index (χ0n) is 17.8. The summed E-state index contributed by atoms with van der Waals surface area (Å²) in [7, 11) is 1.55. The fraction of sp³-hybridized carbons (Fsp3) is 0.409.